The van der Waals surface area contributed by atoms with E-state index >= 15 is 0 Å². The average molecular weight is 182 g/mol. The highest BCUT2D eigenvalue weighted by atomic mass is 19.1. The molecule has 6 heteroatoms. The Morgan fingerprint density at radius 2 is 1.83 bits per heavy atom. The van der Waals surface area contributed by atoms with E-state index in [-0.39, 0.29) is 0 Å². The van der Waals surface area contributed by atoms with Gasteiger partial charge in [0.25, 0.3) is 0 Å². The largest absolute Gasteiger partial charge is 0.394 e. The van der Waals surface area contributed by atoms with E-state index in [0.29, 0.717) is 0 Å². The summed E-state index contributed by atoms with van der Waals surface area (Å²) < 4.78 is 11.7. The van der Waals surface area contributed by atoms with Crippen LogP contribution in [0.5, 0.6) is 0 Å². The van der Waals surface area contributed by atoms with Crippen molar-refractivity contribution in [3.8, 4) is 0 Å². The lowest BCUT2D eigenvalue weighted by Gasteiger charge is -2.15. The van der Waals surface area contributed by atoms with Gasteiger partial charge in [0.2, 0.25) is 0 Å². The van der Waals surface area contributed by atoms with Gasteiger partial charge in [-0.05, 0) is 0 Å². The molecule has 4 N–H and O–H groups in total. The van der Waals surface area contributed by atoms with E-state index in [9.17, 15) is 9.18 Å². The molecule has 0 bridgehead atoms. The molecule has 0 aliphatic rings. The predicted molar refractivity (Wildman–Crippen MR) is 35.8 cm³/mol. The topological polar surface area (TPSA) is 98.0 Å². The Morgan fingerprint density at radius 1 is 1.33 bits per heavy atom. The summed E-state index contributed by atoms with van der Waals surface area (Å²) in [5.41, 5.74) is 0. The second kappa shape index (κ2) is 5.15. The summed E-state index contributed by atoms with van der Waals surface area (Å²) in [5, 5.41) is 34.4. The Hall–Kier alpha value is -0.560. The number of aliphatic hydroxyl groups excluding tert-OH is 4. The van der Waals surface area contributed by atoms with Crippen molar-refractivity contribution in [3.05, 3.63) is 0 Å². The molecule has 0 rings (SSSR count). The van der Waals surface area contributed by atoms with Crippen molar-refractivity contribution >= 4 is 6.04 Å². The minimum atomic E-state index is -2.15. The van der Waals surface area contributed by atoms with Gasteiger partial charge in [0.05, 0.1) is 18.8 Å². The van der Waals surface area contributed by atoms with Crippen LogP contribution in [0.4, 0.5) is 4.39 Å². The summed E-state index contributed by atoms with van der Waals surface area (Å²) in [6, 6.07) is -2.06. The molecule has 12 heavy (non-hydrogen) atoms. The smallest absolute Gasteiger partial charge is 0.332 e. The van der Waals surface area contributed by atoms with Crippen LogP contribution >= 0.6 is 0 Å². The van der Waals surface area contributed by atoms with Gasteiger partial charge in [0.1, 0.15) is 0 Å². The first kappa shape index (κ1) is 11.4. The molecule has 0 fully saturated rings. The molecule has 3 atom stereocenters. The molecule has 5 nitrogen and oxygen atoms in total. The zero-order chi connectivity index (χ0) is 9.72. The average Bonchev–Trinajstić information content (AvgIpc) is 2.02. The van der Waals surface area contributed by atoms with Gasteiger partial charge < -0.3 is 20.4 Å². The molecule has 0 aromatic rings. The molecule has 0 aromatic carbocycles. The van der Waals surface area contributed by atoms with Crippen LogP contribution in [0.15, 0.2) is 0 Å². The lowest BCUT2D eigenvalue weighted by Crippen LogP contribution is -2.35. The Labute approximate surface area is 68.1 Å². The number of hydrogen-bond acceptors (Lipinski definition) is 5. The van der Waals surface area contributed by atoms with Crippen LogP contribution in [0.25, 0.3) is 0 Å². The molecule has 72 valence electrons. The summed E-state index contributed by atoms with van der Waals surface area (Å²) in [5.74, 6) is 0. The van der Waals surface area contributed by atoms with Crippen LogP contribution in [0.2, 0.25) is 0 Å². The van der Waals surface area contributed by atoms with Crippen molar-refractivity contribution in [1.29, 1.82) is 0 Å². The Kier molecular flexibility index (Phi) is 4.91. The maximum atomic E-state index is 11.7. The SMILES string of the molecule is O=C(F)[C@H](O)[C@@H](O)C[C@H](O)CO. The van der Waals surface area contributed by atoms with E-state index in [1.165, 1.54) is 0 Å². The van der Waals surface area contributed by atoms with Crippen LogP contribution in [-0.4, -0.2) is 51.4 Å². The van der Waals surface area contributed by atoms with E-state index < -0.39 is 37.4 Å². The second-order valence-electron chi connectivity index (χ2n) is 2.39. The lowest BCUT2D eigenvalue weighted by atomic mass is 10.1. The number of carbonyl (C=O) groups is 1. The van der Waals surface area contributed by atoms with Crippen LogP contribution in [0.1, 0.15) is 6.42 Å². The van der Waals surface area contributed by atoms with Crippen molar-refractivity contribution in [2.24, 2.45) is 0 Å². The third-order valence-corrected chi connectivity index (χ3v) is 1.32. The predicted octanol–water partition coefficient (Wildman–Crippen LogP) is -2.05. The van der Waals surface area contributed by atoms with Crippen LogP contribution < -0.4 is 0 Å². The monoisotopic (exact) mass is 182 g/mol. The minimum absolute atomic E-state index is 0.451. The Morgan fingerprint density at radius 3 is 2.17 bits per heavy atom. The van der Waals surface area contributed by atoms with Gasteiger partial charge in [-0.15, -0.1) is 0 Å². The highest BCUT2D eigenvalue weighted by Crippen LogP contribution is 2.04. The molecule has 0 aliphatic heterocycles. The second-order valence-corrected chi connectivity index (χ2v) is 2.39. The summed E-state index contributed by atoms with van der Waals surface area (Å²) >= 11 is 0. The van der Waals surface area contributed by atoms with E-state index in [2.05, 4.69) is 0 Å². The maximum absolute atomic E-state index is 11.7. The van der Waals surface area contributed by atoms with Crippen molar-refractivity contribution in [2.45, 2.75) is 24.7 Å². The van der Waals surface area contributed by atoms with Crippen LogP contribution in [0.3, 0.4) is 0 Å². The first-order valence-electron chi connectivity index (χ1n) is 3.33. The summed E-state index contributed by atoms with van der Waals surface area (Å²) in [4.78, 5) is 9.83. The van der Waals surface area contributed by atoms with Crippen molar-refractivity contribution in [2.75, 3.05) is 6.61 Å². The van der Waals surface area contributed by atoms with E-state index in [1.54, 1.807) is 0 Å². The normalized spacial score (nSPS) is 18.4. The van der Waals surface area contributed by atoms with Crippen molar-refractivity contribution in [1.82, 2.24) is 0 Å². The number of aliphatic hydroxyl groups is 4. The fourth-order valence-corrected chi connectivity index (χ4v) is 0.633. The quantitative estimate of drug-likeness (QED) is 0.367. The number of hydrogen-bond donors (Lipinski definition) is 4. The first-order chi connectivity index (χ1) is 5.49. The standard InChI is InChI=1S/C6H11FO5/c7-6(12)5(11)4(10)1-3(9)2-8/h3-5,8-11H,1-2H2/t3-,4-,5+/m0/s1. The number of halogens is 1. The molecule has 0 radical (unpaired) electrons. The van der Waals surface area contributed by atoms with Gasteiger partial charge >= 0.3 is 6.04 Å². The molecule has 0 aliphatic carbocycles. The third-order valence-electron chi connectivity index (χ3n) is 1.32. The van der Waals surface area contributed by atoms with Gasteiger partial charge in [0.15, 0.2) is 6.10 Å². The summed E-state index contributed by atoms with van der Waals surface area (Å²) in [6.45, 7) is -0.621. The summed E-state index contributed by atoms with van der Waals surface area (Å²) in [6.07, 6.45) is -5.56. The first-order valence-corrected chi connectivity index (χ1v) is 3.33. The maximum Gasteiger partial charge on any atom is 0.332 e. The minimum Gasteiger partial charge on any atom is -0.394 e. The van der Waals surface area contributed by atoms with Crippen molar-refractivity contribution < 1.29 is 29.6 Å². The molecular weight excluding hydrogens is 171 g/mol. The van der Waals surface area contributed by atoms with Gasteiger partial charge in [-0.1, -0.05) is 0 Å². The van der Waals surface area contributed by atoms with E-state index in [0.717, 1.165) is 0 Å². The number of carbonyl (C=O) groups excluding carboxylic acids is 1. The third kappa shape index (κ3) is 3.72. The van der Waals surface area contributed by atoms with Gasteiger partial charge in [-0.2, -0.15) is 4.39 Å². The molecule has 0 saturated carbocycles. The zero-order valence-corrected chi connectivity index (χ0v) is 6.22. The molecule has 0 aromatic heterocycles. The zero-order valence-electron chi connectivity index (χ0n) is 6.22. The fraction of sp³-hybridized carbons (Fsp3) is 0.833. The molecule has 0 heterocycles. The highest BCUT2D eigenvalue weighted by Gasteiger charge is 2.25. The molecule has 0 unspecified atom stereocenters. The Balaban J connectivity index is 3.86. The summed E-state index contributed by atoms with van der Waals surface area (Å²) in [7, 11) is 0. The van der Waals surface area contributed by atoms with Gasteiger partial charge in [-0.3, -0.25) is 4.79 Å². The van der Waals surface area contributed by atoms with Crippen LogP contribution in [-0.2, 0) is 4.79 Å². The van der Waals surface area contributed by atoms with Gasteiger partial charge in [-0.25, -0.2) is 0 Å². The molecule has 0 saturated heterocycles. The molecular formula is C6H11FO5. The fourth-order valence-electron chi connectivity index (χ4n) is 0.633. The highest BCUT2D eigenvalue weighted by molar-refractivity contribution is 5.73. The number of rotatable bonds is 5. The lowest BCUT2D eigenvalue weighted by molar-refractivity contribution is -0.145. The molecule has 0 spiro atoms. The van der Waals surface area contributed by atoms with Crippen molar-refractivity contribution in [3.63, 3.8) is 0 Å². The van der Waals surface area contributed by atoms with E-state index in [4.69, 9.17) is 20.4 Å². The Bertz CT molecular complexity index is 151. The van der Waals surface area contributed by atoms with Gasteiger partial charge in [0, 0.05) is 6.42 Å². The molecule has 0 amide bonds. The van der Waals surface area contributed by atoms with E-state index in [1.807, 2.05) is 0 Å². The van der Waals surface area contributed by atoms with Crippen LogP contribution in [0, 0.1) is 0 Å².